The van der Waals surface area contributed by atoms with Crippen LogP contribution in [0.3, 0.4) is 0 Å². The lowest BCUT2D eigenvalue weighted by Gasteiger charge is -2.34. The van der Waals surface area contributed by atoms with Gasteiger partial charge in [0, 0.05) is 44.0 Å². The first-order valence-corrected chi connectivity index (χ1v) is 7.10. The van der Waals surface area contributed by atoms with Gasteiger partial charge in [-0.15, -0.1) is 0 Å². The topological polar surface area (TPSA) is 72.9 Å². The van der Waals surface area contributed by atoms with Gasteiger partial charge >= 0.3 is 6.03 Å². The van der Waals surface area contributed by atoms with Crippen LogP contribution in [-0.2, 0) is 0 Å². The second-order valence-electron chi connectivity index (χ2n) is 5.12. The van der Waals surface area contributed by atoms with Gasteiger partial charge < -0.3 is 15.3 Å². The SMILES string of the molecule is CC(=O)c1ccc(NC(=O)N2CCN(CCO)CC2)cc1. The lowest BCUT2D eigenvalue weighted by molar-refractivity contribution is 0.101. The first-order valence-electron chi connectivity index (χ1n) is 7.10. The molecule has 2 amide bonds. The molecule has 1 aliphatic heterocycles. The molecule has 0 unspecified atom stereocenters. The van der Waals surface area contributed by atoms with Crippen molar-refractivity contribution in [3.63, 3.8) is 0 Å². The van der Waals surface area contributed by atoms with Crippen molar-refractivity contribution in [2.24, 2.45) is 0 Å². The number of hydrogen-bond donors (Lipinski definition) is 2. The van der Waals surface area contributed by atoms with Gasteiger partial charge in [-0.05, 0) is 31.2 Å². The smallest absolute Gasteiger partial charge is 0.321 e. The van der Waals surface area contributed by atoms with Crippen LogP contribution in [0.5, 0.6) is 0 Å². The number of benzene rings is 1. The van der Waals surface area contributed by atoms with Crippen molar-refractivity contribution in [3.8, 4) is 0 Å². The summed E-state index contributed by atoms with van der Waals surface area (Å²) in [5, 5.41) is 11.7. The average molecular weight is 291 g/mol. The molecule has 0 aromatic heterocycles. The number of β-amino-alcohol motifs (C(OH)–C–C–N with tert-alkyl or cyclic N) is 1. The number of Topliss-reactive ketones (excluding diaryl/α,β-unsaturated/α-hetero) is 1. The maximum absolute atomic E-state index is 12.1. The summed E-state index contributed by atoms with van der Waals surface area (Å²) in [6, 6.07) is 6.75. The molecule has 1 fully saturated rings. The maximum atomic E-state index is 12.1. The minimum Gasteiger partial charge on any atom is -0.395 e. The normalized spacial score (nSPS) is 15.8. The number of hydrogen-bond acceptors (Lipinski definition) is 4. The Bertz CT molecular complexity index is 493. The number of rotatable bonds is 4. The molecule has 1 heterocycles. The van der Waals surface area contributed by atoms with E-state index in [4.69, 9.17) is 5.11 Å². The number of carbonyl (C=O) groups excluding carboxylic acids is 2. The first kappa shape index (κ1) is 15.5. The number of carbonyl (C=O) groups is 2. The third-order valence-electron chi connectivity index (χ3n) is 3.62. The Hall–Kier alpha value is -1.92. The molecule has 1 aromatic rings. The Morgan fingerprint density at radius 1 is 1.14 bits per heavy atom. The summed E-state index contributed by atoms with van der Waals surface area (Å²) in [5.41, 5.74) is 1.31. The molecule has 0 radical (unpaired) electrons. The van der Waals surface area contributed by atoms with E-state index < -0.39 is 0 Å². The van der Waals surface area contributed by atoms with Gasteiger partial charge in [0.15, 0.2) is 5.78 Å². The number of ketones is 1. The number of piperazine rings is 1. The van der Waals surface area contributed by atoms with Crippen LogP contribution >= 0.6 is 0 Å². The molecule has 2 rings (SSSR count). The van der Waals surface area contributed by atoms with Crippen molar-refractivity contribution in [1.82, 2.24) is 9.80 Å². The third kappa shape index (κ3) is 4.27. The van der Waals surface area contributed by atoms with Gasteiger partial charge in [-0.3, -0.25) is 9.69 Å². The minimum atomic E-state index is -0.130. The Balaban J connectivity index is 1.86. The van der Waals surface area contributed by atoms with Crippen LogP contribution in [0.2, 0.25) is 0 Å². The predicted molar refractivity (Wildman–Crippen MR) is 80.6 cm³/mol. The van der Waals surface area contributed by atoms with Gasteiger partial charge in [0.2, 0.25) is 0 Å². The van der Waals surface area contributed by atoms with Crippen LogP contribution in [0.25, 0.3) is 0 Å². The van der Waals surface area contributed by atoms with Gasteiger partial charge in [-0.25, -0.2) is 4.79 Å². The van der Waals surface area contributed by atoms with E-state index >= 15 is 0 Å². The zero-order valence-electron chi connectivity index (χ0n) is 12.2. The summed E-state index contributed by atoms with van der Waals surface area (Å²) in [6.45, 7) is 5.17. The molecule has 0 spiro atoms. The maximum Gasteiger partial charge on any atom is 0.321 e. The van der Waals surface area contributed by atoms with Crippen molar-refractivity contribution in [2.75, 3.05) is 44.6 Å². The molecule has 0 bridgehead atoms. The summed E-state index contributed by atoms with van der Waals surface area (Å²) in [4.78, 5) is 27.2. The highest BCUT2D eigenvalue weighted by Crippen LogP contribution is 2.12. The number of nitrogens with zero attached hydrogens (tertiary/aromatic N) is 2. The fraction of sp³-hybridized carbons (Fsp3) is 0.467. The number of aliphatic hydroxyl groups is 1. The van der Waals surface area contributed by atoms with Crippen LogP contribution in [0.1, 0.15) is 17.3 Å². The van der Waals surface area contributed by atoms with Crippen LogP contribution in [0.4, 0.5) is 10.5 Å². The van der Waals surface area contributed by atoms with E-state index in [1.807, 2.05) is 0 Å². The fourth-order valence-electron chi connectivity index (χ4n) is 2.31. The molecular weight excluding hydrogens is 270 g/mol. The highest BCUT2D eigenvalue weighted by Gasteiger charge is 2.20. The quantitative estimate of drug-likeness (QED) is 0.813. The van der Waals surface area contributed by atoms with E-state index in [-0.39, 0.29) is 18.4 Å². The summed E-state index contributed by atoms with van der Waals surface area (Å²) < 4.78 is 0. The minimum absolute atomic E-state index is 0.00730. The molecule has 6 heteroatoms. The number of amides is 2. The third-order valence-corrected chi connectivity index (χ3v) is 3.62. The second-order valence-corrected chi connectivity index (χ2v) is 5.12. The monoisotopic (exact) mass is 291 g/mol. The van der Waals surface area contributed by atoms with Crippen LogP contribution in [0.15, 0.2) is 24.3 Å². The van der Waals surface area contributed by atoms with E-state index in [9.17, 15) is 9.59 Å². The zero-order chi connectivity index (χ0) is 15.2. The van der Waals surface area contributed by atoms with Crippen molar-refractivity contribution in [1.29, 1.82) is 0 Å². The molecule has 1 aliphatic rings. The van der Waals surface area contributed by atoms with Crippen molar-refractivity contribution >= 4 is 17.5 Å². The summed E-state index contributed by atoms with van der Waals surface area (Å²) in [7, 11) is 0. The number of urea groups is 1. The first-order chi connectivity index (χ1) is 10.1. The van der Waals surface area contributed by atoms with Gasteiger partial charge in [0.05, 0.1) is 6.61 Å². The number of nitrogens with one attached hydrogen (secondary N) is 1. The van der Waals surface area contributed by atoms with Crippen molar-refractivity contribution in [2.45, 2.75) is 6.92 Å². The second kappa shape index (κ2) is 7.19. The molecule has 21 heavy (non-hydrogen) atoms. The predicted octanol–water partition coefficient (Wildman–Crippen LogP) is 1.03. The fourth-order valence-corrected chi connectivity index (χ4v) is 2.31. The zero-order valence-corrected chi connectivity index (χ0v) is 12.2. The van der Waals surface area contributed by atoms with Crippen LogP contribution < -0.4 is 5.32 Å². The molecule has 0 aliphatic carbocycles. The van der Waals surface area contributed by atoms with Crippen LogP contribution in [-0.4, -0.2) is 66.1 Å². The Kier molecular flexibility index (Phi) is 5.30. The summed E-state index contributed by atoms with van der Waals surface area (Å²) in [5.74, 6) is 0.00730. The van der Waals surface area contributed by atoms with E-state index in [1.54, 1.807) is 29.2 Å². The molecule has 1 saturated heterocycles. The Morgan fingerprint density at radius 2 is 1.76 bits per heavy atom. The van der Waals surface area contributed by atoms with Crippen molar-refractivity contribution < 1.29 is 14.7 Å². The van der Waals surface area contributed by atoms with Gasteiger partial charge in [0.1, 0.15) is 0 Å². The molecule has 2 N–H and O–H groups in total. The number of anilines is 1. The van der Waals surface area contributed by atoms with E-state index in [2.05, 4.69) is 10.2 Å². The summed E-state index contributed by atoms with van der Waals surface area (Å²) in [6.07, 6.45) is 0. The Labute approximate surface area is 124 Å². The lowest BCUT2D eigenvalue weighted by Crippen LogP contribution is -2.50. The summed E-state index contributed by atoms with van der Waals surface area (Å²) >= 11 is 0. The van der Waals surface area contributed by atoms with Gasteiger partial charge in [-0.1, -0.05) is 0 Å². The molecule has 1 aromatic carbocycles. The van der Waals surface area contributed by atoms with Gasteiger partial charge in [0.25, 0.3) is 0 Å². The average Bonchev–Trinajstić information content (AvgIpc) is 2.49. The molecule has 0 saturated carbocycles. The lowest BCUT2D eigenvalue weighted by atomic mass is 10.1. The highest BCUT2D eigenvalue weighted by atomic mass is 16.3. The molecule has 6 nitrogen and oxygen atoms in total. The van der Waals surface area contributed by atoms with Crippen molar-refractivity contribution in [3.05, 3.63) is 29.8 Å². The standard InChI is InChI=1S/C15H21N3O3/c1-12(20)13-2-4-14(5-3-13)16-15(21)18-8-6-17(7-9-18)10-11-19/h2-5,19H,6-11H2,1H3,(H,16,21). The van der Waals surface area contributed by atoms with E-state index in [1.165, 1.54) is 6.92 Å². The molecule has 0 atom stereocenters. The van der Waals surface area contributed by atoms with Gasteiger partial charge in [-0.2, -0.15) is 0 Å². The number of aliphatic hydroxyl groups excluding tert-OH is 1. The molecule has 114 valence electrons. The molecular formula is C15H21N3O3. The highest BCUT2D eigenvalue weighted by molar-refractivity contribution is 5.95. The van der Waals surface area contributed by atoms with Crippen LogP contribution in [0, 0.1) is 0 Å². The Morgan fingerprint density at radius 3 is 2.29 bits per heavy atom. The largest absolute Gasteiger partial charge is 0.395 e. The van der Waals surface area contributed by atoms with E-state index in [0.29, 0.717) is 30.9 Å². The van der Waals surface area contributed by atoms with E-state index in [0.717, 1.165) is 13.1 Å².